The number of hydrogen-bond acceptors (Lipinski definition) is 9. The molecule has 0 aliphatic carbocycles. The molecule has 0 fully saturated rings. The molecule has 0 saturated carbocycles. The van der Waals surface area contributed by atoms with Crippen LogP contribution in [0.1, 0.15) is 43.0 Å². The highest BCUT2D eigenvalue weighted by Crippen LogP contribution is 2.18. The van der Waals surface area contributed by atoms with Crippen LogP contribution in [0.25, 0.3) is 0 Å². The molecule has 0 saturated heterocycles. The Kier molecular flexibility index (Phi) is 13.5. The molecule has 10 nitrogen and oxygen atoms in total. The molecule has 1 N–H and O–H groups in total. The van der Waals surface area contributed by atoms with E-state index in [4.69, 9.17) is 18.9 Å². The summed E-state index contributed by atoms with van der Waals surface area (Å²) in [6.45, 7) is 4.61. The minimum Gasteiger partial charge on any atom is -0.460 e. The molecule has 4 aromatic carbocycles. The van der Waals surface area contributed by atoms with Crippen molar-refractivity contribution in [2.24, 2.45) is 0 Å². The van der Waals surface area contributed by atoms with Gasteiger partial charge in [-0.05, 0) is 61.6 Å². The first kappa shape index (κ1) is 36.4. The van der Waals surface area contributed by atoms with E-state index in [0.29, 0.717) is 11.3 Å². The van der Waals surface area contributed by atoms with Crippen molar-refractivity contribution in [3.05, 3.63) is 138 Å². The first-order valence-electron chi connectivity index (χ1n) is 16.0. The molecule has 0 aliphatic heterocycles. The summed E-state index contributed by atoms with van der Waals surface area (Å²) in [5.74, 6) is -1.89. The second-order valence-electron chi connectivity index (χ2n) is 12.3. The number of esters is 3. The second-order valence-corrected chi connectivity index (χ2v) is 12.3. The van der Waals surface area contributed by atoms with Crippen LogP contribution in [0.3, 0.4) is 0 Å². The fraction of sp³-hybridized carbons (Fsp3) is 0.282. The molecule has 0 aliphatic rings. The molecule has 49 heavy (non-hydrogen) atoms. The summed E-state index contributed by atoms with van der Waals surface area (Å²) < 4.78 is 22.1. The number of carbonyl (C=O) groups excluding carboxylic acids is 4. The predicted octanol–water partition coefficient (Wildman–Crippen LogP) is 6.48. The van der Waals surface area contributed by atoms with E-state index in [1.165, 1.54) is 4.90 Å². The Labute approximate surface area is 286 Å². The number of amides is 1. The van der Waals surface area contributed by atoms with Gasteiger partial charge in [0.2, 0.25) is 0 Å². The number of nitrogens with one attached hydrogen (secondary N) is 1. The van der Waals surface area contributed by atoms with Crippen molar-refractivity contribution in [1.82, 2.24) is 4.90 Å². The van der Waals surface area contributed by atoms with Crippen molar-refractivity contribution in [1.29, 1.82) is 0 Å². The third-order valence-electron chi connectivity index (χ3n) is 7.11. The van der Waals surface area contributed by atoms with Gasteiger partial charge in [0.25, 0.3) is 0 Å². The minimum absolute atomic E-state index is 0.000331. The molecule has 1 amide bonds. The van der Waals surface area contributed by atoms with Crippen molar-refractivity contribution in [2.75, 3.05) is 18.4 Å². The van der Waals surface area contributed by atoms with Crippen LogP contribution < -0.4 is 5.32 Å². The first-order valence-corrected chi connectivity index (χ1v) is 16.0. The number of anilines is 1. The van der Waals surface area contributed by atoms with Crippen molar-refractivity contribution in [2.45, 2.75) is 58.7 Å². The molecule has 0 bridgehead atoms. The zero-order valence-electron chi connectivity index (χ0n) is 28.0. The van der Waals surface area contributed by atoms with Gasteiger partial charge in [0.15, 0.2) is 0 Å². The molecular formula is C39H42N2O8. The standard InChI is InChI=1S/C39H42N2O8/c1-39(2,3)49-38(45)40-33-21-19-29(20-22-33)23-34(37(44)48-28-32-17-11-6-12-18-32)41(24-35(42)46-26-30-13-7-4-8-14-30)25-36(43)47-27-31-15-9-5-10-16-31/h4-22,34H,23-28H2,1-3H3,(H,40,45). The van der Waals surface area contributed by atoms with E-state index in [0.717, 1.165) is 16.7 Å². The van der Waals surface area contributed by atoms with Gasteiger partial charge in [-0.25, -0.2) is 4.79 Å². The third kappa shape index (κ3) is 13.3. The lowest BCUT2D eigenvalue weighted by Crippen LogP contribution is -2.49. The monoisotopic (exact) mass is 666 g/mol. The van der Waals surface area contributed by atoms with E-state index in [1.807, 2.05) is 91.0 Å². The lowest BCUT2D eigenvalue weighted by atomic mass is 10.0. The average molecular weight is 667 g/mol. The molecule has 0 heterocycles. The number of rotatable bonds is 15. The van der Waals surface area contributed by atoms with Gasteiger partial charge in [-0.1, -0.05) is 103 Å². The van der Waals surface area contributed by atoms with Gasteiger partial charge in [0, 0.05) is 5.69 Å². The topological polar surface area (TPSA) is 120 Å². The molecule has 0 aromatic heterocycles. The van der Waals surface area contributed by atoms with Crippen LogP contribution in [-0.2, 0) is 59.6 Å². The summed E-state index contributed by atoms with van der Waals surface area (Å²) in [7, 11) is 0. The van der Waals surface area contributed by atoms with Crippen LogP contribution in [0.5, 0.6) is 0 Å². The van der Waals surface area contributed by atoms with Gasteiger partial charge >= 0.3 is 24.0 Å². The van der Waals surface area contributed by atoms with E-state index >= 15 is 0 Å². The summed E-state index contributed by atoms with van der Waals surface area (Å²) in [5.41, 5.74) is 2.89. The molecule has 256 valence electrons. The molecule has 0 radical (unpaired) electrons. The minimum atomic E-state index is -1.07. The Bertz CT molecular complexity index is 1580. The summed E-state index contributed by atoms with van der Waals surface area (Å²) in [6.07, 6.45) is -0.519. The second kappa shape index (κ2) is 18.2. The van der Waals surface area contributed by atoms with E-state index in [9.17, 15) is 19.2 Å². The fourth-order valence-electron chi connectivity index (χ4n) is 4.73. The van der Waals surface area contributed by atoms with Gasteiger partial charge in [0.05, 0.1) is 13.1 Å². The Morgan fingerprint density at radius 1 is 0.592 bits per heavy atom. The first-order chi connectivity index (χ1) is 23.5. The van der Waals surface area contributed by atoms with Gasteiger partial charge in [-0.15, -0.1) is 0 Å². The highest BCUT2D eigenvalue weighted by Gasteiger charge is 2.32. The smallest absolute Gasteiger partial charge is 0.412 e. The van der Waals surface area contributed by atoms with Crippen LogP contribution >= 0.6 is 0 Å². The highest BCUT2D eigenvalue weighted by atomic mass is 16.6. The summed E-state index contributed by atoms with van der Waals surface area (Å²) in [4.78, 5) is 53.8. The molecule has 10 heteroatoms. The zero-order chi connectivity index (χ0) is 35.1. The fourth-order valence-corrected chi connectivity index (χ4v) is 4.73. The Morgan fingerprint density at radius 2 is 1.02 bits per heavy atom. The molecule has 4 rings (SSSR count). The Morgan fingerprint density at radius 3 is 1.45 bits per heavy atom. The van der Waals surface area contributed by atoms with E-state index in [2.05, 4.69) is 5.32 Å². The van der Waals surface area contributed by atoms with Crippen LogP contribution in [0.4, 0.5) is 10.5 Å². The van der Waals surface area contributed by atoms with Crippen molar-refractivity contribution >= 4 is 29.7 Å². The maximum atomic E-state index is 13.8. The molecule has 4 aromatic rings. The number of benzene rings is 4. The lowest BCUT2D eigenvalue weighted by Gasteiger charge is -2.29. The lowest BCUT2D eigenvalue weighted by molar-refractivity contribution is -0.158. The number of hydrogen-bond donors (Lipinski definition) is 1. The van der Waals surface area contributed by atoms with E-state index < -0.39 is 35.6 Å². The number of carbonyl (C=O) groups is 4. The van der Waals surface area contributed by atoms with Crippen LogP contribution in [0.15, 0.2) is 115 Å². The Balaban J connectivity index is 1.54. The molecule has 1 atom stereocenters. The van der Waals surface area contributed by atoms with Gasteiger partial charge in [-0.2, -0.15) is 0 Å². The predicted molar refractivity (Wildman–Crippen MR) is 184 cm³/mol. The van der Waals surface area contributed by atoms with Gasteiger partial charge < -0.3 is 18.9 Å². The van der Waals surface area contributed by atoms with Crippen molar-refractivity contribution in [3.8, 4) is 0 Å². The maximum absolute atomic E-state index is 13.8. The van der Waals surface area contributed by atoms with Crippen LogP contribution in [0.2, 0.25) is 0 Å². The Hall–Kier alpha value is -5.48. The average Bonchev–Trinajstić information content (AvgIpc) is 3.09. The summed E-state index contributed by atoms with van der Waals surface area (Å²) >= 11 is 0. The third-order valence-corrected chi connectivity index (χ3v) is 7.11. The van der Waals surface area contributed by atoms with E-state index in [-0.39, 0.29) is 39.3 Å². The van der Waals surface area contributed by atoms with Gasteiger partial charge in [0.1, 0.15) is 31.5 Å². The van der Waals surface area contributed by atoms with Crippen LogP contribution in [-0.4, -0.2) is 53.6 Å². The van der Waals surface area contributed by atoms with Crippen molar-refractivity contribution < 1.29 is 38.1 Å². The normalized spacial score (nSPS) is 11.7. The largest absolute Gasteiger partial charge is 0.460 e. The SMILES string of the molecule is CC(C)(C)OC(=O)Nc1ccc(CC(C(=O)OCc2ccccc2)N(CC(=O)OCc2ccccc2)CC(=O)OCc2ccccc2)cc1. The number of nitrogens with zero attached hydrogens (tertiary/aromatic N) is 1. The van der Waals surface area contributed by atoms with E-state index in [1.54, 1.807) is 45.0 Å². The quantitative estimate of drug-likeness (QED) is 0.112. The maximum Gasteiger partial charge on any atom is 0.412 e. The summed E-state index contributed by atoms with van der Waals surface area (Å²) in [5, 5.41) is 2.68. The van der Waals surface area contributed by atoms with Gasteiger partial charge in [-0.3, -0.25) is 24.6 Å². The number of ether oxygens (including phenoxy) is 4. The molecular weight excluding hydrogens is 624 g/mol. The zero-order valence-corrected chi connectivity index (χ0v) is 28.0. The molecule has 1 unspecified atom stereocenters. The van der Waals surface area contributed by atoms with Crippen LogP contribution in [0, 0.1) is 0 Å². The highest BCUT2D eigenvalue weighted by molar-refractivity contribution is 5.85. The summed E-state index contributed by atoms with van der Waals surface area (Å²) in [6, 6.07) is 33.4. The molecule has 0 spiro atoms. The van der Waals surface area contributed by atoms with Crippen molar-refractivity contribution in [3.63, 3.8) is 0 Å².